The summed E-state index contributed by atoms with van der Waals surface area (Å²) in [7, 11) is 0. The number of nitrogens with zero attached hydrogens (tertiary/aromatic N) is 2. The zero-order chi connectivity index (χ0) is 24.2. The molecule has 2 heterocycles. The lowest BCUT2D eigenvalue weighted by Gasteiger charge is -2.16. The van der Waals surface area contributed by atoms with Crippen LogP contribution < -0.4 is 5.32 Å². The van der Waals surface area contributed by atoms with E-state index in [-0.39, 0.29) is 11.5 Å². The Hall–Kier alpha value is -3.70. The standard InChI is InChI=1S/C30H31N3O2/c1-21-7-10-25(34)18-29(21)32-28-13-15-31-27-11-9-24(17-26(27)28)30(35)12-8-23-14-16-33(20-23)19-22-5-3-2-4-6-22/h2-7,9-11,13,15,17-18,23,34H,8,12,14,16,19-20H2,1H3,(H,31,32)/t23-/m1/s1. The summed E-state index contributed by atoms with van der Waals surface area (Å²) in [4.78, 5) is 20.1. The van der Waals surface area contributed by atoms with E-state index < -0.39 is 0 Å². The van der Waals surface area contributed by atoms with Crippen molar-refractivity contribution in [3.8, 4) is 5.75 Å². The van der Waals surface area contributed by atoms with E-state index in [0.29, 0.717) is 12.3 Å². The van der Waals surface area contributed by atoms with Crippen molar-refractivity contribution in [1.29, 1.82) is 0 Å². The zero-order valence-electron chi connectivity index (χ0n) is 20.1. The van der Waals surface area contributed by atoms with E-state index in [1.807, 2.05) is 37.3 Å². The van der Waals surface area contributed by atoms with Crippen LogP contribution in [0.3, 0.4) is 0 Å². The molecule has 0 aliphatic carbocycles. The van der Waals surface area contributed by atoms with Gasteiger partial charge in [-0.2, -0.15) is 0 Å². The highest BCUT2D eigenvalue weighted by Crippen LogP contribution is 2.30. The lowest BCUT2D eigenvalue weighted by molar-refractivity contribution is 0.0974. The molecule has 5 nitrogen and oxygen atoms in total. The molecule has 1 fully saturated rings. The maximum atomic E-state index is 13.1. The Morgan fingerprint density at radius 3 is 2.77 bits per heavy atom. The largest absolute Gasteiger partial charge is 0.508 e. The Morgan fingerprint density at radius 1 is 1.06 bits per heavy atom. The summed E-state index contributed by atoms with van der Waals surface area (Å²) in [5.74, 6) is 0.953. The third-order valence-electron chi connectivity index (χ3n) is 6.95. The molecule has 1 saturated heterocycles. The second-order valence-corrected chi connectivity index (χ2v) is 9.55. The van der Waals surface area contributed by atoms with Crippen LogP contribution in [0, 0.1) is 12.8 Å². The minimum atomic E-state index is 0.178. The summed E-state index contributed by atoms with van der Waals surface area (Å²) in [5.41, 5.74) is 5.62. The predicted molar refractivity (Wildman–Crippen MR) is 141 cm³/mol. The van der Waals surface area contributed by atoms with E-state index in [0.717, 1.165) is 65.9 Å². The van der Waals surface area contributed by atoms with Gasteiger partial charge in [0.15, 0.2) is 5.78 Å². The molecule has 4 aromatic rings. The number of carbonyl (C=O) groups is 1. The van der Waals surface area contributed by atoms with Crippen LogP contribution in [0.2, 0.25) is 0 Å². The maximum absolute atomic E-state index is 13.1. The molecule has 0 amide bonds. The molecule has 0 saturated carbocycles. The fourth-order valence-corrected chi connectivity index (χ4v) is 4.93. The van der Waals surface area contributed by atoms with Gasteiger partial charge in [0.05, 0.1) is 5.52 Å². The van der Waals surface area contributed by atoms with Gasteiger partial charge in [-0.1, -0.05) is 36.4 Å². The van der Waals surface area contributed by atoms with Gasteiger partial charge in [-0.15, -0.1) is 0 Å². The highest BCUT2D eigenvalue weighted by atomic mass is 16.3. The van der Waals surface area contributed by atoms with E-state index in [2.05, 4.69) is 45.5 Å². The number of hydrogen-bond donors (Lipinski definition) is 2. The molecule has 178 valence electrons. The number of aromatic hydroxyl groups is 1. The smallest absolute Gasteiger partial charge is 0.162 e. The van der Waals surface area contributed by atoms with Crippen molar-refractivity contribution >= 4 is 28.1 Å². The topological polar surface area (TPSA) is 65.5 Å². The number of aromatic nitrogens is 1. The van der Waals surface area contributed by atoms with Crippen molar-refractivity contribution in [3.63, 3.8) is 0 Å². The minimum Gasteiger partial charge on any atom is -0.508 e. The first-order chi connectivity index (χ1) is 17.0. The molecular formula is C30H31N3O2. The van der Waals surface area contributed by atoms with Crippen LogP contribution in [0.4, 0.5) is 11.4 Å². The number of likely N-dealkylation sites (tertiary alicyclic amines) is 1. The average Bonchev–Trinajstić information content (AvgIpc) is 3.32. The number of anilines is 2. The van der Waals surface area contributed by atoms with Gasteiger partial charge in [-0.25, -0.2) is 0 Å². The molecule has 0 unspecified atom stereocenters. The number of ketones is 1. The van der Waals surface area contributed by atoms with Crippen molar-refractivity contribution in [1.82, 2.24) is 9.88 Å². The van der Waals surface area contributed by atoms with Gasteiger partial charge in [0, 0.05) is 54.1 Å². The second kappa shape index (κ2) is 10.3. The van der Waals surface area contributed by atoms with Gasteiger partial charge in [-0.3, -0.25) is 14.7 Å². The zero-order valence-corrected chi connectivity index (χ0v) is 20.1. The number of fused-ring (bicyclic) bond motifs is 1. The number of rotatable bonds is 8. The summed E-state index contributed by atoms with van der Waals surface area (Å²) in [6.07, 6.45) is 4.39. The normalized spacial score (nSPS) is 16.0. The predicted octanol–water partition coefficient (Wildman–Crippen LogP) is 6.48. The molecule has 1 aliphatic rings. The minimum absolute atomic E-state index is 0.178. The molecular weight excluding hydrogens is 434 g/mol. The fourth-order valence-electron chi connectivity index (χ4n) is 4.93. The molecule has 0 bridgehead atoms. The van der Waals surface area contributed by atoms with E-state index in [9.17, 15) is 9.90 Å². The highest BCUT2D eigenvalue weighted by Gasteiger charge is 2.23. The van der Waals surface area contributed by atoms with Crippen molar-refractivity contribution < 1.29 is 9.90 Å². The van der Waals surface area contributed by atoms with Crippen LogP contribution in [0.5, 0.6) is 5.75 Å². The molecule has 2 N–H and O–H groups in total. The summed E-state index contributed by atoms with van der Waals surface area (Å²) >= 11 is 0. The number of nitrogens with one attached hydrogen (secondary N) is 1. The molecule has 0 radical (unpaired) electrons. The number of benzene rings is 3. The summed E-state index contributed by atoms with van der Waals surface area (Å²) in [6.45, 7) is 5.13. The SMILES string of the molecule is Cc1ccc(O)cc1Nc1ccnc2ccc(C(=O)CC[C@@H]3CCN(Cc4ccccc4)C3)cc12. The molecule has 5 rings (SSSR count). The second-order valence-electron chi connectivity index (χ2n) is 9.55. The lowest BCUT2D eigenvalue weighted by Crippen LogP contribution is -2.20. The van der Waals surface area contributed by atoms with Gasteiger partial charge in [0.1, 0.15) is 5.75 Å². The van der Waals surface area contributed by atoms with Crippen molar-refractivity contribution in [2.24, 2.45) is 5.92 Å². The molecule has 1 aromatic heterocycles. The molecule has 3 aromatic carbocycles. The summed E-state index contributed by atoms with van der Waals surface area (Å²) < 4.78 is 0. The number of phenols is 1. The van der Waals surface area contributed by atoms with Crippen LogP contribution in [0.1, 0.15) is 40.7 Å². The Balaban J connectivity index is 1.24. The molecule has 1 atom stereocenters. The van der Waals surface area contributed by atoms with Crippen LogP contribution in [0.25, 0.3) is 10.9 Å². The first-order valence-corrected chi connectivity index (χ1v) is 12.3. The van der Waals surface area contributed by atoms with Crippen molar-refractivity contribution in [2.45, 2.75) is 32.7 Å². The number of phenolic OH excluding ortho intramolecular Hbond substituents is 1. The van der Waals surface area contributed by atoms with Gasteiger partial charge in [-0.05, 0) is 73.7 Å². The van der Waals surface area contributed by atoms with E-state index in [4.69, 9.17) is 0 Å². The fraction of sp³-hybridized carbons (Fsp3) is 0.267. The van der Waals surface area contributed by atoms with Gasteiger partial charge in [0.2, 0.25) is 0 Å². The van der Waals surface area contributed by atoms with Crippen LogP contribution in [-0.4, -0.2) is 33.9 Å². The van der Waals surface area contributed by atoms with Crippen LogP contribution in [0.15, 0.2) is 79.0 Å². The quantitative estimate of drug-likeness (QED) is 0.292. The third-order valence-corrected chi connectivity index (χ3v) is 6.95. The summed E-state index contributed by atoms with van der Waals surface area (Å²) in [6, 6.07) is 23.5. The molecule has 5 heteroatoms. The number of carbonyl (C=O) groups excluding carboxylic acids is 1. The Labute approximate surface area is 206 Å². The number of hydrogen-bond acceptors (Lipinski definition) is 5. The first-order valence-electron chi connectivity index (χ1n) is 12.3. The van der Waals surface area contributed by atoms with E-state index in [1.165, 1.54) is 5.56 Å². The van der Waals surface area contributed by atoms with Crippen LogP contribution >= 0.6 is 0 Å². The molecule has 0 spiro atoms. The third kappa shape index (κ3) is 5.52. The Bertz CT molecular complexity index is 1340. The van der Waals surface area contributed by atoms with Gasteiger partial charge >= 0.3 is 0 Å². The molecule has 35 heavy (non-hydrogen) atoms. The molecule has 1 aliphatic heterocycles. The lowest BCUT2D eigenvalue weighted by atomic mass is 9.97. The summed E-state index contributed by atoms with van der Waals surface area (Å²) in [5, 5.41) is 14.2. The number of pyridine rings is 1. The number of Topliss-reactive ketones (excluding diaryl/α,β-unsaturated/α-hetero) is 1. The van der Waals surface area contributed by atoms with E-state index in [1.54, 1.807) is 18.3 Å². The number of aryl methyl sites for hydroxylation is 1. The maximum Gasteiger partial charge on any atom is 0.162 e. The Kier molecular flexibility index (Phi) is 6.77. The van der Waals surface area contributed by atoms with Crippen molar-refractivity contribution in [3.05, 3.63) is 95.7 Å². The van der Waals surface area contributed by atoms with Gasteiger partial charge < -0.3 is 10.4 Å². The monoisotopic (exact) mass is 465 g/mol. The van der Waals surface area contributed by atoms with Gasteiger partial charge in [0.25, 0.3) is 0 Å². The van der Waals surface area contributed by atoms with Crippen molar-refractivity contribution in [2.75, 3.05) is 18.4 Å². The first kappa shape index (κ1) is 23.1. The van der Waals surface area contributed by atoms with E-state index >= 15 is 0 Å². The Morgan fingerprint density at radius 2 is 1.91 bits per heavy atom. The highest BCUT2D eigenvalue weighted by molar-refractivity contribution is 6.02. The van der Waals surface area contributed by atoms with Crippen LogP contribution in [-0.2, 0) is 6.54 Å². The average molecular weight is 466 g/mol.